The van der Waals surface area contributed by atoms with E-state index in [0.29, 0.717) is 40.5 Å². The Balaban J connectivity index is 1.88. The first-order valence-corrected chi connectivity index (χ1v) is 10.9. The highest BCUT2D eigenvalue weighted by molar-refractivity contribution is 8.26. The van der Waals surface area contributed by atoms with Crippen molar-refractivity contribution >= 4 is 51.6 Å². The molecule has 1 aromatic heterocycles. The Kier molecular flexibility index (Phi) is 6.93. The van der Waals surface area contributed by atoms with Crippen LogP contribution >= 0.6 is 35.3 Å². The molecule has 2 heterocycles. The van der Waals surface area contributed by atoms with Gasteiger partial charge in [-0.05, 0) is 36.9 Å². The minimum absolute atomic E-state index is 0.0679. The highest BCUT2D eigenvalue weighted by Gasteiger charge is 2.32. The maximum absolute atomic E-state index is 12.9. The van der Waals surface area contributed by atoms with Crippen LogP contribution in [0.4, 0.5) is 0 Å². The molecule has 0 atom stereocenters. The highest BCUT2D eigenvalue weighted by Crippen LogP contribution is 2.38. The van der Waals surface area contributed by atoms with E-state index in [1.165, 1.54) is 11.8 Å². The van der Waals surface area contributed by atoms with Crippen molar-refractivity contribution in [2.75, 3.05) is 13.2 Å². The molecule has 0 unspecified atom stereocenters. The maximum atomic E-state index is 12.9. The number of thiocarbonyl (C=S) groups is 1. The van der Waals surface area contributed by atoms with Crippen molar-refractivity contribution in [2.24, 2.45) is 0 Å². The summed E-state index contributed by atoms with van der Waals surface area (Å²) >= 11 is 8.38. The number of benzene rings is 1. The van der Waals surface area contributed by atoms with E-state index in [-0.39, 0.29) is 5.91 Å². The summed E-state index contributed by atoms with van der Waals surface area (Å²) in [6, 6.07) is 9.70. The molecule has 7 heteroatoms. The van der Waals surface area contributed by atoms with Crippen molar-refractivity contribution in [1.82, 2.24) is 4.90 Å². The zero-order chi connectivity index (χ0) is 19.2. The van der Waals surface area contributed by atoms with E-state index in [2.05, 4.69) is 6.92 Å². The lowest BCUT2D eigenvalue weighted by molar-refractivity contribution is -0.122. The minimum atomic E-state index is -0.0679. The molecule has 0 N–H and O–H groups in total. The molecule has 0 saturated carbocycles. The fourth-order valence-corrected chi connectivity index (χ4v) is 4.55. The van der Waals surface area contributed by atoms with Crippen LogP contribution < -0.4 is 9.47 Å². The summed E-state index contributed by atoms with van der Waals surface area (Å²) < 4.78 is 12.2. The second-order valence-electron chi connectivity index (χ2n) is 5.80. The number of carbonyl (C=O) groups is 1. The molecule has 1 fully saturated rings. The van der Waals surface area contributed by atoms with Gasteiger partial charge >= 0.3 is 0 Å². The molecule has 27 heavy (non-hydrogen) atoms. The van der Waals surface area contributed by atoms with Gasteiger partial charge in [0.1, 0.15) is 4.32 Å². The second-order valence-corrected chi connectivity index (χ2v) is 8.51. The Bertz CT molecular complexity index is 846. The fraction of sp³-hybridized carbons (Fsp3) is 0.300. The van der Waals surface area contributed by atoms with E-state index in [1.807, 2.05) is 48.7 Å². The van der Waals surface area contributed by atoms with E-state index in [4.69, 9.17) is 21.7 Å². The van der Waals surface area contributed by atoms with Gasteiger partial charge in [0.2, 0.25) is 0 Å². The molecular formula is C20H21NO3S3. The summed E-state index contributed by atoms with van der Waals surface area (Å²) in [5.74, 6) is 1.29. The zero-order valence-corrected chi connectivity index (χ0v) is 17.7. The number of hydrogen-bond donors (Lipinski definition) is 0. The Morgan fingerprint density at radius 3 is 2.74 bits per heavy atom. The summed E-state index contributed by atoms with van der Waals surface area (Å²) in [6.45, 7) is 5.64. The summed E-state index contributed by atoms with van der Waals surface area (Å²) in [6.07, 6.45) is 2.74. The summed E-state index contributed by atoms with van der Waals surface area (Å²) in [5.41, 5.74) is 0.825. The lowest BCUT2D eigenvalue weighted by atomic mass is 10.1. The van der Waals surface area contributed by atoms with Crippen molar-refractivity contribution in [3.8, 4) is 11.5 Å². The molecular weight excluding hydrogens is 398 g/mol. The van der Waals surface area contributed by atoms with Crippen LogP contribution in [0.1, 0.15) is 30.7 Å². The molecule has 0 bridgehead atoms. The number of amides is 1. The molecule has 0 spiro atoms. The standard InChI is InChI=1S/C20H21NO3S3/c1-3-10-24-18-14(7-5-9-16(18)23-4-2)12-17-19(22)21(20(25)27-17)13-15-8-6-11-26-15/h5-9,11-12H,3-4,10,13H2,1-2H3. The van der Waals surface area contributed by atoms with Gasteiger partial charge in [0.25, 0.3) is 5.91 Å². The van der Waals surface area contributed by atoms with Crippen LogP contribution in [0.5, 0.6) is 11.5 Å². The van der Waals surface area contributed by atoms with Crippen molar-refractivity contribution < 1.29 is 14.3 Å². The van der Waals surface area contributed by atoms with E-state index in [9.17, 15) is 4.79 Å². The van der Waals surface area contributed by atoms with E-state index < -0.39 is 0 Å². The Hall–Kier alpha value is -1.83. The maximum Gasteiger partial charge on any atom is 0.266 e. The topological polar surface area (TPSA) is 38.8 Å². The van der Waals surface area contributed by atoms with Crippen molar-refractivity contribution in [2.45, 2.75) is 26.8 Å². The average molecular weight is 420 g/mol. The lowest BCUT2D eigenvalue weighted by Gasteiger charge is -2.14. The predicted octanol–water partition coefficient (Wildman–Crippen LogP) is 5.34. The van der Waals surface area contributed by atoms with Crippen LogP contribution in [0.15, 0.2) is 40.6 Å². The van der Waals surface area contributed by atoms with Gasteiger partial charge in [-0.1, -0.05) is 49.1 Å². The fourth-order valence-electron chi connectivity index (χ4n) is 2.61. The number of para-hydroxylation sites is 1. The van der Waals surface area contributed by atoms with Gasteiger partial charge in [-0.3, -0.25) is 9.69 Å². The average Bonchev–Trinajstić information content (AvgIpc) is 3.26. The molecule has 0 aliphatic carbocycles. The second kappa shape index (κ2) is 9.39. The van der Waals surface area contributed by atoms with Gasteiger partial charge in [0.05, 0.1) is 24.7 Å². The van der Waals surface area contributed by atoms with Crippen LogP contribution in [-0.4, -0.2) is 28.3 Å². The molecule has 2 aromatic rings. The normalized spacial score (nSPS) is 15.6. The molecule has 1 saturated heterocycles. The molecule has 0 radical (unpaired) electrons. The third-order valence-corrected chi connectivity index (χ3v) is 6.05. The van der Waals surface area contributed by atoms with Crippen LogP contribution in [0.3, 0.4) is 0 Å². The largest absolute Gasteiger partial charge is 0.490 e. The van der Waals surface area contributed by atoms with E-state index in [0.717, 1.165) is 16.9 Å². The first kappa shape index (κ1) is 19.9. The summed E-state index contributed by atoms with van der Waals surface area (Å²) in [7, 11) is 0. The number of carbonyl (C=O) groups excluding carboxylic acids is 1. The third kappa shape index (κ3) is 4.72. The number of thiophene rings is 1. The molecule has 1 aliphatic heterocycles. The van der Waals surface area contributed by atoms with Crippen molar-refractivity contribution in [3.63, 3.8) is 0 Å². The number of rotatable bonds is 8. The first-order valence-electron chi connectivity index (χ1n) is 8.80. The monoisotopic (exact) mass is 419 g/mol. The van der Waals surface area contributed by atoms with E-state index >= 15 is 0 Å². The van der Waals surface area contributed by atoms with Gasteiger partial charge in [0.15, 0.2) is 11.5 Å². The smallest absolute Gasteiger partial charge is 0.266 e. The number of thioether (sulfide) groups is 1. The first-order chi connectivity index (χ1) is 13.1. The number of nitrogens with zero attached hydrogens (tertiary/aromatic N) is 1. The number of hydrogen-bond acceptors (Lipinski definition) is 6. The molecule has 4 nitrogen and oxygen atoms in total. The molecule has 3 rings (SSSR count). The summed E-state index contributed by atoms with van der Waals surface area (Å²) in [5, 5.41) is 2.00. The highest BCUT2D eigenvalue weighted by atomic mass is 32.2. The quantitative estimate of drug-likeness (QED) is 0.427. The van der Waals surface area contributed by atoms with Crippen molar-refractivity contribution in [1.29, 1.82) is 0 Å². The zero-order valence-electron chi connectivity index (χ0n) is 15.3. The molecule has 1 aromatic carbocycles. The summed E-state index contributed by atoms with van der Waals surface area (Å²) in [4.78, 5) is 16.2. The van der Waals surface area contributed by atoms with E-state index in [1.54, 1.807) is 16.2 Å². The van der Waals surface area contributed by atoms with Gasteiger partial charge in [0, 0.05) is 10.4 Å². The Labute approximate surface area is 173 Å². The lowest BCUT2D eigenvalue weighted by Crippen LogP contribution is -2.26. The Morgan fingerprint density at radius 1 is 1.19 bits per heavy atom. The predicted molar refractivity (Wildman–Crippen MR) is 116 cm³/mol. The van der Waals surface area contributed by atoms with Gasteiger partial charge in [-0.15, -0.1) is 11.3 Å². The van der Waals surface area contributed by atoms with Crippen molar-refractivity contribution in [3.05, 3.63) is 51.1 Å². The van der Waals surface area contributed by atoms with Crippen LogP contribution in [-0.2, 0) is 11.3 Å². The number of ether oxygens (including phenoxy) is 2. The molecule has 1 amide bonds. The minimum Gasteiger partial charge on any atom is -0.490 e. The molecule has 142 valence electrons. The van der Waals surface area contributed by atoms with Gasteiger partial charge in [-0.2, -0.15) is 0 Å². The Morgan fingerprint density at radius 2 is 2.04 bits per heavy atom. The van der Waals surface area contributed by atoms with Crippen LogP contribution in [0, 0.1) is 0 Å². The third-order valence-electron chi connectivity index (χ3n) is 3.81. The van der Waals surface area contributed by atoms with Crippen LogP contribution in [0.2, 0.25) is 0 Å². The molecule has 1 aliphatic rings. The van der Waals surface area contributed by atoms with Crippen LogP contribution in [0.25, 0.3) is 6.08 Å². The van der Waals surface area contributed by atoms with Gasteiger partial charge in [-0.25, -0.2) is 0 Å². The SMILES string of the molecule is CCCOc1c(C=C2SC(=S)N(Cc3cccs3)C2=O)cccc1OCC. The van der Waals surface area contributed by atoms with Gasteiger partial charge < -0.3 is 9.47 Å².